The maximum atomic E-state index is 12.3. The van der Waals surface area contributed by atoms with E-state index < -0.39 is 11.5 Å². The van der Waals surface area contributed by atoms with Gasteiger partial charge in [0.1, 0.15) is 0 Å². The van der Waals surface area contributed by atoms with Crippen molar-refractivity contribution in [1.29, 1.82) is 0 Å². The highest BCUT2D eigenvalue weighted by Gasteiger charge is 2.44. The highest BCUT2D eigenvalue weighted by molar-refractivity contribution is 8.19. The fourth-order valence-electron chi connectivity index (χ4n) is 2.52. The van der Waals surface area contributed by atoms with Crippen molar-refractivity contribution >= 4 is 35.4 Å². The summed E-state index contributed by atoms with van der Waals surface area (Å²) in [6, 6.07) is 7.41. The lowest BCUT2D eigenvalue weighted by Crippen LogP contribution is -2.55. The highest BCUT2D eigenvalue weighted by Crippen LogP contribution is 2.45. The van der Waals surface area contributed by atoms with Crippen molar-refractivity contribution in [1.82, 2.24) is 5.32 Å². The largest absolute Gasteiger partial charge is 0.479 e. The molecule has 0 radical (unpaired) electrons. The predicted molar refractivity (Wildman–Crippen MR) is 87.4 cm³/mol. The summed E-state index contributed by atoms with van der Waals surface area (Å²) in [6.07, 6.45) is 0.293. The zero-order valence-electron chi connectivity index (χ0n) is 11.9. The minimum atomic E-state index is -1.30. The molecular weight excluding hydrogens is 322 g/mol. The molecule has 0 aromatic heterocycles. The van der Waals surface area contributed by atoms with Crippen molar-refractivity contribution in [2.45, 2.75) is 16.5 Å². The molecule has 0 saturated carbocycles. The van der Waals surface area contributed by atoms with Gasteiger partial charge in [-0.25, -0.2) is 4.79 Å². The number of carboxylic acid groups (broad SMARTS) is 1. The summed E-state index contributed by atoms with van der Waals surface area (Å²) >= 11 is 3.81. The minimum absolute atomic E-state index is 0.0154. The molecule has 2 heterocycles. The zero-order chi connectivity index (χ0) is 15.6. The van der Waals surface area contributed by atoms with E-state index in [1.54, 1.807) is 12.1 Å². The lowest BCUT2D eigenvalue weighted by atomic mass is 9.98. The summed E-state index contributed by atoms with van der Waals surface area (Å²) < 4.78 is 5.58. The van der Waals surface area contributed by atoms with Crippen LogP contribution in [0.5, 0.6) is 0 Å². The number of carbonyl (C=O) groups is 2. The Balaban J connectivity index is 1.70. The third-order valence-electron chi connectivity index (χ3n) is 3.85. The lowest BCUT2D eigenvalue weighted by molar-refractivity contribution is -0.144. The third kappa shape index (κ3) is 3.11. The van der Waals surface area contributed by atoms with E-state index in [9.17, 15) is 14.7 Å². The third-order valence-corrected chi connectivity index (χ3v) is 6.96. The summed E-state index contributed by atoms with van der Waals surface area (Å²) in [5, 5.41) is 12.0. The first-order valence-electron chi connectivity index (χ1n) is 7.08. The van der Waals surface area contributed by atoms with Crippen molar-refractivity contribution in [3.8, 4) is 0 Å². The van der Waals surface area contributed by atoms with Crippen molar-refractivity contribution in [3.63, 3.8) is 0 Å². The van der Waals surface area contributed by atoms with Gasteiger partial charge in [0.25, 0.3) is 5.91 Å². The second-order valence-electron chi connectivity index (χ2n) is 5.34. The number of aliphatic carboxylic acids is 1. The molecule has 2 saturated heterocycles. The van der Waals surface area contributed by atoms with Gasteiger partial charge < -0.3 is 15.2 Å². The molecule has 2 aliphatic heterocycles. The highest BCUT2D eigenvalue weighted by atomic mass is 32.2. The van der Waals surface area contributed by atoms with E-state index in [4.69, 9.17) is 4.74 Å². The first-order valence-corrected chi connectivity index (χ1v) is 9.17. The van der Waals surface area contributed by atoms with E-state index in [0.29, 0.717) is 23.2 Å². The number of carbonyl (C=O) groups excluding carboxylic acids is 1. The fourth-order valence-corrected chi connectivity index (χ4v) is 5.38. The number of benzene rings is 1. The molecule has 1 atom stereocenters. The zero-order valence-corrected chi connectivity index (χ0v) is 13.5. The summed E-state index contributed by atoms with van der Waals surface area (Å²) in [5.41, 5.74) is 0.373. The molecule has 5 nitrogen and oxygen atoms in total. The Bertz CT molecular complexity index is 563. The molecule has 0 bridgehead atoms. The average molecular weight is 339 g/mol. The summed E-state index contributed by atoms with van der Waals surface area (Å²) in [5.74, 6) is 0.886. The molecule has 7 heteroatoms. The maximum absolute atomic E-state index is 12.3. The normalized spacial score (nSPS) is 25.3. The molecule has 118 valence electrons. The van der Waals surface area contributed by atoms with Gasteiger partial charge in [0.15, 0.2) is 5.54 Å². The number of amides is 1. The van der Waals surface area contributed by atoms with Crippen LogP contribution in [-0.4, -0.2) is 47.2 Å². The predicted octanol–water partition coefficient (Wildman–Crippen LogP) is 2.14. The first kappa shape index (κ1) is 15.7. The number of hydrogen-bond acceptors (Lipinski definition) is 5. The van der Waals surface area contributed by atoms with Crippen LogP contribution in [0.2, 0.25) is 0 Å². The van der Waals surface area contributed by atoms with Crippen molar-refractivity contribution in [2.24, 2.45) is 0 Å². The molecule has 0 aliphatic carbocycles. The molecule has 3 rings (SSSR count). The van der Waals surface area contributed by atoms with Crippen LogP contribution in [0, 0.1) is 0 Å². The molecule has 1 unspecified atom stereocenters. The molecule has 2 fully saturated rings. The number of nitrogens with one attached hydrogen (secondary N) is 1. The van der Waals surface area contributed by atoms with Crippen LogP contribution in [0.15, 0.2) is 24.3 Å². The fraction of sp³-hybridized carbons (Fsp3) is 0.467. The molecule has 0 spiro atoms. The molecule has 1 amide bonds. The monoisotopic (exact) mass is 339 g/mol. The van der Waals surface area contributed by atoms with Gasteiger partial charge in [0.05, 0.1) is 11.2 Å². The molecule has 1 aromatic rings. The summed E-state index contributed by atoms with van der Waals surface area (Å²) in [4.78, 5) is 23.7. The van der Waals surface area contributed by atoms with E-state index in [2.05, 4.69) is 5.32 Å². The van der Waals surface area contributed by atoms with Gasteiger partial charge in [-0.1, -0.05) is 12.1 Å². The smallest absolute Gasteiger partial charge is 0.331 e. The maximum Gasteiger partial charge on any atom is 0.331 e. The van der Waals surface area contributed by atoms with Gasteiger partial charge in [0.2, 0.25) is 0 Å². The van der Waals surface area contributed by atoms with Crippen LogP contribution in [0.3, 0.4) is 0 Å². The van der Waals surface area contributed by atoms with E-state index >= 15 is 0 Å². The standard InChI is InChI=1S/C15H17NO4S2/c17-12(16-15(14(18)19)5-6-20-9-15)10-1-3-11(4-2-10)13-21-7-8-22-13/h1-4,13H,5-9H2,(H,16,17)(H,18,19). The molecule has 22 heavy (non-hydrogen) atoms. The Morgan fingerprint density at radius 2 is 1.91 bits per heavy atom. The van der Waals surface area contributed by atoms with Crippen LogP contribution in [0.1, 0.15) is 26.9 Å². The number of hydrogen-bond donors (Lipinski definition) is 2. The van der Waals surface area contributed by atoms with Crippen molar-refractivity contribution < 1.29 is 19.4 Å². The molecule has 2 N–H and O–H groups in total. The van der Waals surface area contributed by atoms with Crippen LogP contribution < -0.4 is 5.32 Å². The second-order valence-corrected chi connectivity index (χ2v) is 8.06. The van der Waals surface area contributed by atoms with Gasteiger partial charge in [-0.05, 0) is 17.7 Å². The topological polar surface area (TPSA) is 75.6 Å². The van der Waals surface area contributed by atoms with Crippen molar-refractivity contribution in [3.05, 3.63) is 35.4 Å². The van der Waals surface area contributed by atoms with Gasteiger partial charge in [-0.3, -0.25) is 4.79 Å². The van der Waals surface area contributed by atoms with Crippen LogP contribution >= 0.6 is 23.5 Å². The van der Waals surface area contributed by atoms with Crippen LogP contribution in [-0.2, 0) is 9.53 Å². The van der Waals surface area contributed by atoms with E-state index in [1.165, 1.54) is 5.56 Å². The summed E-state index contributed by atoms with van der Waals surface area (Å²) in [6.45, 7) is 0.364. The van der Waals surface area contributed by atoms with Gasteiger partial charge in [-0.15, -0.1) is 23.5 Å². The quantitative estimate of drug-likeness (QED) is 0.875. The lowest BCUT2D eigenvalue weighted by Gasteiger charge is -2.23. The Labute approximate surface area is 137 Å². The average Bonchev–Trinajstić information content (AvgIpc) is 3.19. The summed E-state index contributed by atoms with van der Waals surface area (Å²) in [7, 11) is 0. The number of rotatable bonds is 4. The number of thioether (sulfide) groups is 2. The van der Waals surface area contributed by atoms with E-state index in [0.717, 1.165) is 11.5 Å². The van der Waals surface area contributed by atoms with Gasteiger partial charge in [0, 0.05) is 30.1 Å². The van der Waals surface area contributed by atoms with Gasteiger partial charge in [-0.2, -0.15) is 0 Å². The van der Waals surface area contributed by atoms with Crippen molar-refractivity contribution in [2.75, 3.05) is 24.7 Å². The van der Waals surface area contributed by atoms with E-state index in [-0.39, 0.29) is 12.5 Å². The SMILES string of the molecule is O=C(NC1(C(=O)O)CCOC1)c1ccc(C2SCCS2)cc1. The number of ether oxygens (including phenoxy) is 1. The molecule has 1 aromatic carbocycles. The Kier molecular flexibility index (Phi) is 4.65. The Hall–Kier alpha value is -1.18. The Morgan fingerprint density at radius 1 is 1.23 bits per heavy atom. The molecular formula is C15H17NO4S2. The number of carboxylic acids is 1. The minimum Gasteiger partial charge on any atom is -0.479 e. The Morgan fingerprint density at radius 3 is 2.45 bits per heavy atom. The second kappa shape index (κ2) is 6.52. The first-order chi connectivity index (χ1) is 10.6. The van der Waals surface area contributed by atoms with Crippen LogP contribution in [0.25, 0.3) is 0 Å². The molecule has 2 aliphatic rings. The van der Waals surface area contributed by atoms with Crippen LogP contribution in [0.4, 0.5) is 0 Å². The van der Waals surface area contributed by atoms with Gasteiger partial charge >= 0.3 is 5.97 Å². The van der Waals surface area contributed by atoms with E-state index in [1.807, 2.05) is 35.7 Å².